The molecule has 5 rings (SSSR count). The van der Waals surface area contributed by atoms with Crippen molar-refractivity contribution in [1.82, 2.24) is 35.2 Å². The van der Waals surface area contributed by atoms with Gasteiger partial charge in [-0.2, -0.15) is 10.2 Å². The first-order valence-electron chi connectivity index (χ1n) is 11.1. The molecule has 8 nitrogen and oxygen atoms in total. The summed E-state index contributed by atoms with van der Waals surface area (Å²) in [4.78, 5) is 9.36. The molecule has 0 fully saturated rings. The second kappa shape index (κ2) is 9.20. The van der Waals surface area contributed by atoms with Crippen molar-refractivity contribution < 1.29 is 4.74 Å². The molecule has 3 aromatic heterocycles. The van der Waals surface area contributed by atoms with Gasteiger partial charge in [0.05, 0.1) is 13.2 Å². The molecule has 1 N–H and O–H groups in total. The molecule has 5 aromatic rings. The van der Waals surface area contributed by atoms with Crippen LogP contribution < -0.4 is 4.74 Å². The van der Waals surface area contributed by atoms with Crippen LogP contribution in [0, 0.1) is 6.92 Å². The average Bonchev–Trinajstić information content (AvgIpc) is 3.50. The number of ether oxygens (including phenoxy) is 1. The molecule has 0 atom stereocenters. The number of H-pyrrole nitrogens is 1. The first kappa shape index (κ1) is 20.8. The molecule has 33 heavy (non-hydrogen) atoms. The normalized spacial score (nSPS) is 11.2. The summed E-state index contributed by atoms with van der Waals surface area (Å²) in [6.07, 6.45) is 3.85. The lowest BCUT2D eigenvalue weighted by Gasteiger charge is -2.13. The van der Waals surface area contributed by atoms with Gasteiger partial charge in [0.15, 0.2) is 5.65 Å². The number of hydrogen-bond acceptors (Lipinski definition) is 6. The van der Waals surface area contributed by atoms with E-state index in [4.69, 9.17) is 9.72 Å². The van der Waals surface area contributed by atoms with Crippen molar-refractivity contribution in [3.8, 4) is 28.5 Å². The Hall–Kier alpha value is -4.07. The zero-order valence-corrected chi connectivity index (χ0v) is 18.7. The van der Waals surface area contributed by atoms with Crippen LogP contribution in [0.2, 0.25) is 0 Å². The number of aromatic nitrogens is 7. The molecular weight excluding hydrogens is 414 g/mol. The molecule has 2 aromatic carbocycles. The van der Waals surface area contributed by atoms with Crippen LogP contribution in [0.15, 0.2) is 60.8 Å². The number of tetrazole rings is 1. The number of nitrogens with zero attached hydrogens (tertiary/aromatic N) is 6. The van der Waals surface area contributed by atoms with Crippen LogP contribution in [0.1, 0.15) is 30.9 Å². The van der Waals surface area contributed by atoms with E-state index in [0.717, 1.165) is 51.8 Å². The summed E-state index contributed by atoms with van der Waals surface area (Å²) in [6, 6.07) is 19.1. The van der Waals surface area contributed by atoms with Crippen molar-refractivity contribution in [3.63, 3.8) is 0 Å². The van der Waals surface area contributed by atoms with Crippen molar-refractivity contribution in [2.75, 3.05) is 6.61 Å². The summed E-state index contributed by atoms with van der Waals surface area (Å²) in [5, 5.41) is 14.8. The third-order valence-corrected chi connectivity index (χ3v) is 5.63. The highest BCUT2D eigenvalue weighted by Crippen LogP contribution is 2.32. The van der Waals surface area contributed by atoms with E-state index in [1.807, 2.05) is 42.0 Å². The number of rotatable bonds is 8. The van der Waals surface area contributed by atoms with Crippen LogP contribution >= 0.6 is 0 Å². The third-order valence-electron chi connectivity index (χ3n) is 5.63. The highest BCUT2D eigenvalue weighted by atomic mass is 16.5. The topological polar surface area (TPSA) is 94.4 Å². The van der Waals surface area contributed by atoms with Crippen LogP contribution in [-0.4, -0.2) is 41.8 Å². The largest absolute Gasteiger partial charge is 0.465 e. The smallest absolute Gasteiger partial charge is 0.298 e. The lowest BCUT2D eigenvalue weighted by Crippen LogP contribution is -2.07. The number of benzene rings is 2. The lowest BCUT2D eigenvalue weighted by molar-refractivity contribution is 0.275. The number of nitrogens with one attached hydrogen (secondary N) is 1. The molecule has 0 unspecified atom stereocenters. The molecule has 3 heterocycles. The van der Waals surface area contributed by atoms with Crippen molar-refractivity contribution in [1.29, 1.82) is 0 Å². The second-order valence-corrected chi connectivity index (χ2v) is 7.96. The monoisotopic (exact) mass is 439 g/mol. The van der Waals surface area contributed by atoms with E-state index in [1.54, 1.807) is 0 Å². The summed E-state index contributed by atoms with van der Waals surface area (Å²) < 4.78 is 8.09. The third kappa shape index (κ3) is 4.19. The van der Waals surface area contributed by atoms with Gasteiger partial charge in [0.2, 0.25) is 5.82 Å². The Morgan fingerprint density at radius 3 is 2.70 bits per heavy atom. The quantitative estimate of drug-likeness (QED) is 0.349. The van der Waals surface area contributed by atoms with Crippen LogP contribution in [0.4, 0.5) is 0 Å². The van der Waals surface area contributed by atoms with Gasteiger partial charge in [0.25, 0.3) is 6.01 Å². The molecule has 0 bridgehead atoms. The Balaban J connectivity index is 1.58. The zero-order chi connectivity index (χ0) is 22.6. The van der Waals surface area contributed by atoms with Gasteiger partial charge in [-0.3, -0.25) is 4.57 Å². The van der Waals surface area contributed by atoms with E-state index < -0.39 is 0 Å². The Bertz CT molecular complexity index is 1360. The number of aromatic amines is 1. The van der Waals surface area contributed by atoms with Crippen molar-refractivity contribution >= 4 is 11.2 Å². The molecule has 166 valence electrons. The predicted molar refractivity (Wildman–Crippen MR) is 127 cm³/mol. The summed E-state index contributed by atoms with van der Waals surface area (Å²) >= 11 is 0. The van der Waals surface area contributed by atoms with Gasteiger partial charge in [-0.25, -0.2) is 4.98 Å². The van der Waals surface area contributed by atoms with Crippen molar-refractivity contribution in [3.05, 3.63) is 71.9 Å². The van der Waals surface area contributed by atoms with Gasteiger partial charge in [-0.15, -0.1) is 10.2 Å². The summed E-state index contributed by atoms with van der Waals surface area (Å²) in [5.74, 6) is 0.555. The molecule has 0 spiro atoms. The molecule has 0 aliphatic carbocycles. The van der Waals surface area contributed by atoms with Gasteiger partial charge in [-0.1, -0.05) is 55.8 Å². The minimum atomic E-state index is 0.555. The van der Waals surface area contributed by atoms with Crippen LogP contribution in [-0.2, 0) is 6.54 Å². The van der Waals surface area contributed by atoms with Crippen LogP contribution in [0.25, 0.3) is 33.7 Å². The minimum Gasteiger partial charge on any atom is -0.465 e. The summed E-state index contributed by atoms with van der Waals surface area (Å²) in [6.45, 7) is 5.38. The summed E-state index contributed by atoms with van der Waals surface area (Å²) in [7, 11) is 0. The number of unbranched alkanes of at least 4 members (excludes halogenated alkanes) is 1. The van der Waals surface area contributed by atoms with Gasteiger partial charge >= 0.3 is 0 Å². The highest BCUT2D eigenvalue weighted by molar-refractivity contribution is 5.81. The summed E-state index contributed by atoms with van der Waals surface area (Å²) in [5.41, 5.74) is 6.87. The van der Waals surface area contributed by atoms with E-state index in [2.05, 4.69) is 62.9 Å². The molecule has 0 amide bonds. The van der Waals surface area contributed by atoms with Gasteiger partial charge < -0.3 is 4.74 Å². The maximum Gasteiger partial charge on any atom is 0.298 e. The number of aryl methyl sites for hydroxylation is 1. The maximum atomic E-state index is 6.06. The molecule has 0 saturated carbocycles. The van der Waals surface area contributed by atoms with Crippen molar-refractivity contribution in [2.45, 2.75) is 33.2 Å². The fourth-order valence-corrected chi connectivity index (χ4v) is 3.88. The Kier molecular flexibility index (Phi) is 5.80. The highest BCUT2D eigenvalue weighted by Gasteiger charge is 2.17. The zero-order valence-electron chi connectivity index (χ0n) is 18.7. The fraction of sp³-hybridized carbons (Fsp3) is 0.240. The number of imidazole rings is 1. The molecule has 0 aliphatic heterocycles. The number of fused-ring (bicyclic) bond motifs is 1. The Morgan fingerprint density at radius 2 is 1.91 bits per heavy atom. The van der Waals surface area contributed by atoms with E-state index in [-0.39, 0.29) is 0 Å². The molecule has 0 radical (unpaired) electrons. The SMILES string of the molecule is CCCCOc1nc2c(C)ccnc2n1Cc1ccc(-c2ccccc2)c(-c2nn[nH]n2)c1. The van der Waals surface area contributed by atoms with Crippen molar-refractivity contribution in [2.24, 2.45) is 0 Å². The van der Waals surface area contributed by atoms with Gasteiger partial charge in [0, 0.05) is 11.8 Å². The van der Waals surface area contributed by atoms with E-state index in [1.165, 1.54) is 0 Å². The Labute approximate surface area is 191 Å². The first-order chi connectivity index (χ1) is 16.2. The van der Waals surface area contributed by atoms with E-state index in [0.29, 0.717) is 25.0 Å². The predicted octanol–water partition coefficient (Wildman–Crippen LogP) is 4.81. The fourth-order valence-electron chi connectivity index (χ4n) is 3.88. The van der Waals surface area contributed by atoms with Gasteiger partial charge in [0.1, 0.15) is 5.52 Å². The van der Waals surface area contributed by atoms with E-state index >= 15 is 0 Å². The molecule has 8 heteroatoms. The van der Waals surface area contributed by atoms with Crippen LogP contribution in [0.3, 0.4) is 0 Å². The second-order valence-electron chi connectivity index (χ2n) is 7.96. The molecule has 0 aliphatic rings. The standard InChI is InChI=1S/C25H25N7O/c1-3-4-14-33-25-27-22-17(2)12-13-26-24(22)32(25)16-18-10-11-20(19-8-6-5-7-9-19)21(15-18)23-28-30-31-29-23/h5-13,15H,3-4,14,16H2,1-2H3,(H,28,29,30,31). The first-order valence-corrected chi connectivity index (χ1v) is 11.1. The number of pyridine rings is 1. The maximum absolute atomic E-state index is 6.06. The number of hydrogen-bond donors (Lipinski definition) is 1. The van der Waals surface area contributed by atoms with Gasteiger partial charge in [-0.05, 0) is 52.9 Å². The lowest BCUT2D eigenvalue weighted by atomic mass is 9.97. The minimum absolute atomic E-state index is 0.555. The Morgan fingerprint density at radius 1 is 1.03 bits per heavy atom. The molecule has 0 saturated heterocycles. The van der Waals surface area contributed by atoms with Crippen LogP contribution in [0.5, 0.6) is 6.01 Å². The van der Waals surface area contributed by atoms with E-state index in [9.17, 15) is 0 Å². The average molecular weight is 440 g/mol. The molecular formula is C25H25N7O.